The molecule has 0 aliphatic heterocycles. The quantitative estimate of drug-likeness (QED) is 0.592. The summed E-state index contributed by atoms with van der Waals surface area (Å²) in [6.07, 6.45) is -0.376. The van der Waals surface area contributed by atoms with Crippen LogP contribution in [0.15, 0.2) is 48.5 Å². The molecular weight excluding hydrogens is 378 g/mol. The zero-order valence-corrected chi connectivity index (χ0v) is 19.1. The first-order chi connectivity index (χ1) is 13.9. The molecule has 0 saturated carbocycles. The molecule has 2 aromatic rings. The average molecular weight is 412 g/mol. The molecule has 0 radical (unpaired) electrons. The summed E-state index contributed by atoms with van der Waals surface area (Å²) in [5.41, 5.74) is 3.14. The van der Waals surface area contributed by atoms with Crippen LogP contribution in [0.3, 0.4) is 0 Å². The number of hydrogen-bond acceptors (Lipinski definition) is 4. The largest absolute Gasteiger partial charge is 0.465 e. The molecule has 0 aliphatic rings. The summed E-state index contributed by atoms with van der Waals surface area (Å²) < 4.78 is 10.4. The van der Waals surface area contributed by atoms with Crippen LogP contribution >= 0.6 is 0 Å². The van der Waals surface area contributed by atoms with E-state index in [9.17, 15) is 9.59 Å². The van der Waals surface area contributed by atoms with Gasteiger partial charge in [-0.3, -0.25) is 4.90 Å². The summed E-state index contributed by atoms with van der Waals surface area (Å²) in [7, 11) is 1.35. The van der Waals surface area contributed by atoms with Gasteiger partial charge in [0.15, 0.2) is 0 Å². The minimum Gasteiger partial charge on any atom is -0.465 e. The first kappa shape index (κ1) is 23.5. The van der Waals surface area contributed by atoms with Crippen molar-refractivity contribution in [1.29, 1.82) is 0 Å². The SMILES string of the molecule is COC(=O)c1ccc(CN(Cc2ccc(C(C)(C)C)cc2)C(=O)OC(C)(C)C)cc1. The maximum Gasteiger partial charge on any atom is 0.410 e. The van der Waals surface area contributed by atoms with Crippen LogP contribution in [0.4, 0.5) is 4.79 Å². The van der Waals surface area contributed by atoms with Crippen LogP contribution in [-0.2, 0) is 28.0 Å². The van der Waals surface area contributed by atoms with Gasteiger partial charge in [0.05, 0.1) is 12.7 Å². The molecule has 0 heterocycles. The molecule has 5 heteroatoms. The van der Waals surface area contributed by atoms with Gasteiger partial charge < -0.3 is 9.47 Å². The van der Waals surface area contributed by atoms with E-state index in [1.165, 1.54) is 12.7 Å². The number of carbonyl (C=O) groups excluding carboxylic acids is 2. The van der Waals surface area contributed by atoms with Gasteiger partial charge in [-0.2, -0.15) is 0 Å². The van der Waals surface area contributed by atoms with E-state index < -0.39 is 5.60 Å². The van der Waals surface area contributed by atoms with Crippen molar-refractivity contribution in [2.45, 2.75) is 65.6 Å². The molecule has 0 aromatic heterocycles. The van der Waals surface area contributed by atoms with Crippen LogP contribution in [0.1, 0.15) is 68.6 Å². The van der Waals surface area contributed by atoms with Crippen molar-refractivity contribution >= 4 is 12.1 Å². The minimum absolute atomic E-state index is 0.0742. The molecule has 2 rings (SSSR count). The zero-order chi connectivity index (χ0) is 22.5. The van der Waals surface area contributed by atoms with Gasteiger partial charge in [0.1, 0.15) is 5.60 Å². The van der Waals surface area contributed by atoms with Crippen LogP contribution in [0.5, 0.6) is 0 Å². The maximum atomic E-state index is 12.8. The van der Waals surface area contributed by atoms with E-state index >= 15 is 0 Å². The van der Waals surface area contributed by atoms with Crippen LogP contribution in [0, 0.1) is 0 Å². The number of rotatable bonds is 5. The highest BCUT2D eigenvalue weighted by atomic mass is 16.6. The molecule has 0 saturated heterocycles. The highest BCUT2D eigenvalue weighted by Crippen LogP contribution is 2.23. The molecule has 1 amide bonds. The molecule has 0 atom stereocenters. The van der Waals surface area contributed by atoms with Gasteiger partial charge >= 0.3 is 12.1 Å². The molecule has 162 valence electrons. The summed E-state index contributed by atoms with van der Waals surface area (Å²) in [5.74, 6) is -0.385. The number of hydrogen-bond donors (Lipinski definition) is 0. The van der Waals surface area contributed by atoms with Gasteiger partial charge in [0.2, 0.25) is 0 Å². The molecular formula is C25H33NO4. The van der Waals surface area contributed by atoms with Crippen LogP contribution in [-0.4, -0.2) is 29.7 Å². The van der Waals surface area contributed by atoms with Gasteiger partial charge in [-0.05, 0) is 55.0 Å². The number of esters is 1. The predicted molar refractivity (Wildman–Crippen MR) is 118 cm³/mol. The van der Waals surface area contributed by atoms with E-state index in [1.54, 1.807) is 17.0 Å². The second kappa shape index (κ2) is 9.33. The van der Waals surface area contributed by atoms with Crippen LogP contribution < -0.4 is 0 Å². The Balaban J connectivity index is 2.22. The fourth-order valence-electron chi connectivity index (χ4n) is 2.93. The van der Waals surface area contributed by atoms with Gasteiger partial charge in [0, 0.05) is 13.1 Å². The Morgan fingerprint density at radius 1 is 0.800 bits per heavy atom. The Kier molecular flexibility index (Phi) is 7.30. The van der Waals surface area contributed by atoms with Crippen molar-refractivity contribution in [1.82, 2.24) is 4.90 Å². The van der Waals surface area contributed by atoms with Crippen molar-refractivity contribution in [2.24, 2.45) is 0 Å². The monoisotopic (exact) mass is 411 g/mol. The second-order valence-electron chi connectivity index (χ2n) is 9.47. The van der Waals surface area contributed by atoms with E-state index in [0.717, 1.165) is 11.1 Å². The summed E-state index contributed by atoms with van der Waals surface area (Å²) in [5, 5.41) is 0. The smallest absolute Gasteiger partial charge is 0.410 e. The lowest BCUT2D eigenvalue weighted by atomic mass is 9.87. The Morgan fingerprint density at radius 2 is 1.27 bits per heavy atom. The lowest BCUT2D eigenvalue weighted by Crippen LogP contribution is -2.36. The summed E-state index contributed by atoms with van der Waals surface area (Å²) in [6.45, 7) is 12.9. The van der Waals surface area contributed by atoms with E-state index in [0.29, 0.717) is 18.7 Å². The minimum atomic E-state index is -0.583. The van der Waals surface area contributed by atoms with Gasteiger partial charge in [0.25, 0.3) is 0 Å². The summed E-state index contributed by atoms with van der Waals surface area (Å²) in [4.78, 5) is 26.2. The molecule has 0 N–H and O–H groups in total. The zero-order valence-electron chi connectivity index (χ0n) is 19.1. The van der Waals surface area contributed by atoms with E-state index in [4.69, 9.17) is 9.47 Å². The number of ether oxygens (including phenoxy) is 2. The fourth-order valence-corrected chi connectivity index (χ4v) is 2.93. The number of benzene rings is 2. The Bertz CT molecular complexity index is 856. The van der Waals surface area contributed by atoms with Crippen molar-refractivity contribution in [3.05, 3.63) is 70.8 Å². The van der Waals surface area contributed by atoms with E-state index in [-0.39, 0.29) is 17.5 Å². The predicted octanol–water partition coefficient (Wildman–Crippen LogP) is 5.71. The molecule has 5 nitrogen and oxygen atoms in total. The molecule has 0 spiro atoms. The lowest BCUT2D eigenvalue weighted by molar-refractivity contribution is 0.0216. The average Bonchev–Trinajstić information content (AvgIpc) is 2.66. The van der Waals surface area contributed by atoms with E-state index in [1.807, 2.05) is 32.9 Å². The fraction of sp³-hybridized carbons (Fsp3) is 0.440. The van der Waals surface area contributed by atoms with Crippen LogP contribution in [0.2, 0.25) is 0 Å². The highest BCUT2D eigenvalue weighted by Gasteiger charge is 2.23. The normalized spacial score (nSPS) is 11.7. The highest BCUT2D eigenvalue weighted by molar-refractivity contribution is 5.89. The molecule has 0 bridgehead atoms. The summed E-state index contributed by atoms with van der Waals surface area (Å²) >= 11 is 0. The van der Waals surface area contributed by atoms with Gasteiger partial charge in [-0.15, -0.1) is 0 Å². The number of amides is 1. The topological polar surface area (TPSA) is 55.8 Å². The Labute approximate surface area is 180 Å². The number of nitrogens with zero attached hydrogens (tertiary/aromatic N) is 1. The molecule has 30 heavy (non-hydrogen) atoms. The Hall–Kier alpha value is -2.82. The standard InChI is InChI=1S/C25H33NO4/c1-24(2,3)21-14-10-19(11-15-21)17-26(23(28)30-25(4,5)6)16-18-8-12-20(13-9-18)22(27)29-7/h8-15H,16-17H2,1-7H3. The molecule has 2 aromatic carbocycles. The van der Waals surface area contributed by atoms with Crippen molar-refractivity contribution in [2.75, 3.05) is 7.11 Å². The maximum absolute atomic E-state index is 12.8. The van der Waals surface area contributed by atoms with Gasteiger partial charge in [-0.1, -0.05) is 57.2 Å². The second-order valence-corrected chi connectivity index (χ2v) is 9.47. The lowest BCUT2D eigenvalue weighted by Gasteiger charge is -2.28. The van der Waals surface area contributed by atoms with Crippen molar-refractivity contribution in [3.8, 4) is 0 Å². The third-order valence-corrected chi connectivity index (χ3v) is 4.59. The first-order valence-electron chi connectivity index (χ1n) is 10.1. The summed E-state index contributed by atoms with van der Waals surface area (Å²) in [6, 6.07) is 15.4. The third kappa shape index (κ3) is 6.90. The number of methoxy groups -OCH3 is 1. The molecule has 0 unspecified atom stereocenters. The number of carbonyl (C=O) groups is 2. The Morgan fingerprint density at radius 3 is 1.67 bits per heavy atom. The van der Waals surface area contributed by atoms with E-state index in [2.05, 4.69) is 45.0 Å². The van der Waals surface area contributed by atoms with Crippen LogP contribution in [0.25, 0.3) is 0 Å². The van der Waals surface area contributed by atoms with Crippen molar-refractivity contribution < 1.29 is 19.1 Å². The van der Waals surface area contributed by atoms with Gasteiger partial charge in [-0.25, -0.2) is 9.59 Å². The molecule has 0 aliphatic carbocycles. The third-order valence-electron chi connectivity index (χ3n) is 4.59. The first-order valence-corrected chi connectivity index (χ1v) is 10.1. The molecule has 0 fully saturated rings. The van der Waals surface area contributed by atoms with Crippen molar-refractivity contribution in [3.63, 3.8) is 0 Å².